The zero-order valence-corrected chi connectivity index (χ0v) is 11.7. The second-order valence-electron chi connectivity index (χ2n) is 3.73. The lowest BCUT2D eigenvalue weighted by Crippen LogP contribution is -2.11. The van der Waals surface area contributed by atoms with Crippen molar-refractivity contribution in [2.45, 2.75) is 6.42 Å². The van der Waals surface area contributed by atoms with Crippen molar-refractivity contribution < 1.29 is 9.53 Å². The van der Waals surface area contributed by atoms with Gasteiger partial charge in [0.25, 0.3) is 0 Å². The monoisotopic (exact) mass is 324 g/mol. The molecule has 2 nitrogen and oxygen atoms in total. The van der Waals surface area contributed by atoms with E-state index >= 15 is 0 Å². The molecule has 0 aliphatic rings. The molecule has 2 aromatic carbocycles. The molecule has 0 unspecified atom stereocenters. The minimum absolute atomic E-state index is 0.226. The second kappa shape index (κ2) is 6.03. The molecule has 0 saturated carbocycles. The summed E-state index contributed by atoms with van der Waals surface area (Å²) in [4.78, 5) is 11.7. The van der Waals surface area contributed by atoms with Crippen molar-refractivity contribution in [3.63, 3.8) is 0 Å². The van der Waals surface area contributed by atoms with Crippen LogP contribution in [-0.2, 0) is 11.2 Å². The first-order chi connectivity index (χ1) is 8.63. The van der Waals surface area contributed by atoms with Crippen LogP contribution in [-0.4, -0.2) is 5.97 Å². The number of ether oxygens (including phenoxy) is 1. The van der Waals surface area contributed by atoms with Crippen molar-refractivity contribution in [3.8, 4) is 5.75 Å². The summed E-state index contributed by atoms with van der Waals surface area (Å²) in [5.74, 6) is 0.235. The molecule has 0 spiro atoms. The molecular weight excluding hydrogens is 316 g/mol. The van der Waals surface area contributed by atoms with E-state index in [0.717, 1.165) is 10.0 Å². The van der Waals surface area contributed by atoms with Crippen LogP contribution in [0.4, 0.5) is 0 Å². The SMILES string of the molecule is O=C(Cc1ccc(Cl)cc1)Oc1cccc(Br)c1. The minimum atomic E-state index is -0.296. The maximum atomic E-state index is 11.7. The fraction of sp³-hybridized carbons (Fsp3) is 0.0714. The summed E-state index contributed by atoms with van der Waals surface area (Å²) in [6.45, 7) is 0. The Kier molecular flexibility index (Phi) is 4.39. The number of carbonyl (C=O) groups is 1. The summed E-state index contributed by atoms with van der Waals surface area (Å²) in [5, 5.41) is 0.652. The van der Waals surface area contributed by atoms with Gasteiger partial charge in [-0.3, -0.25) is 4.79 Å². The molecule has 2 rings (SSSR count). The van der Waals surface area contributed by atoms with Gasteiger partial charge in [0.1, 0.15) is 5.75 Å². The van der Waals surface area contributed by atoms with E-state index in [-0.39, 0.29) is 12.4 Å². The highest BCUT2D eigenvalue weighted by atomic mass is 79.9. The van der Waals surface area contributed by atoms with E-state index in [1.165, 1.54) is 0 Å². The first-order valence-electron chi connectivity index (χ1n) is 5.34. The summed E-state index contributed by atoms with van der Waals surface area (Å²) in [7, 11) is 0. The zero-order valence-electron chi connectivity index (χ0n) is 9.40. The number of hydrogen-bond donors (Lipinski definition) is 0. The predicted octanol–water partition coefficient (Wildman–Crippen LogP) is 4.25. The van der Waals surface area contributed by atoms with Gasteiger partial charge in [0, 0.05) is 9.50 Å². The van der Waals surface area contributed by atoms with Gasteiger partial charge in [-0.2, -0.15) is 0 Å². The highest BCUT2D eigenvalue weighted by Gasteiger charge is 2.06. The van der Waals surface area contributed by atoms with E-state index in [0.29, 0.717) is 10.8 Å². The number of benzene rings is 2. The maximum Gasteiger partial charge on any atom is 0.315 e. The molecule has 2 aromatic rings. The number of rotatable bonds is 3. The normalized spacial score (nSPS) is 10.1. The summed E-state index contributed by atoms with van der Waals surface area (Å²) in [6.07, 6.45) is 0.226. The van der Waals surface area contributed by atoms with Crippen LogP contribution in [0.3, 0.4) is 0 Å². The topological polar surface area (TPSA) is 26.3 Å². The first kappa shape index (κ1) is 13.1. The predicted molar refractivity (Wildman–Crippen MR) is 74.9 cm³/mol. The van der Waals surface area contributed by atoms with Crippen LogP contribution in [0.1, 0.15) is 5.56 Å². The average molecular weight is 326 g/mol. The molecule has 0 fully saturated rings. The number of esters is 1. The third-order valence-corrected chi connectivity index (χ3v) is 3.03. The highest BCUT2D eigenvalue weighted by Crippen LogP contribution is 2.18. The Hall–Kier alpha value is -1.32. The van der Waals surface area contributed by atoms with Crippen molar-refractivity contribution in [2.75, 3.05) is 0 Å². The van der Waals surface area contributed by atoms with E-state index in [2.05, 4.69) is 15.9 Å². The van der Waals surface area contributed by atoms with E-state index in [4.69, 9.17) is 16.3 Å². The van der Waals surface area contributed by atoms with Crippen molar-refractivity contribution >= 4 is 33.5 Å². The Bertz CT molecular complexity index is 552. The molecule has 0 bridgehead atoms. The van der Waals surface area contributed by atoms with Crippen molar-refractivity contribution in [1.82, 2.24) is 0 Å². The smallest absolute Gasteiger partial charge is 0.315 e. The molecular formula is C14H10BrClO2. The lowest BCUT2D eigenvalue weighted by atomic mass is 10.1. The molecule has 4 heteroatoms. The van der Waals surface area contributed by atoms with Gasteiger partial charge < -0.3 is 4.74 Å². The van der Waals surface area contributed by atoms with Crippen molar-refractivity contribution in [2.24, 2.45) is 0 Å². The van der Waals surface area contributed by atoms with Gasteiger partial charge in [0.15, 0.2) is 0 Å². The second-order valence-corrected chi connectivity index (χ2v) is 5.09. The third kappa shape index (κ3) is 3.86. The maximum absolute atomic E-state index is 11.7. The molecule has 0 aromatic heterocycles. The van der Waals surface area contributed by atoms with Crippen LogP contribution < -0.4 is 4.74 Å². The van der Waals surface area contributed by atoms with Crippen molar-refractivity contribution in [3.05, 3.63) is 63.6 Å². The first-order valence-corrected chi connectivity index (χ1v) is 6.51. The van der Waals surface area contributed by atoms with Gasteiger partial charge >= 0.3 is 5.97 Å². The molecule has 0 heterocycles. The number of carbonyl (C=O) groups excluding carboxylic acids is 1. The molecule has 0 radical (unpaired) electrons. The Morgan fingerprint density at radius 3 is 2.56 bits per heavy atom. The van der Waals surface area contributed by atoms with E-state index < -0.39 is 0 Å². The molecule has 0 saturated heterocycles. The summed E-state index contributed by atoms with van der Waals surface area (Å²) >= 11 is 9.09. The van der Waals surface area contributed by atoms with Gasteiger partial charge in [0.2, 0.25) is 0 Å². The van der Waals surface area contributed by atoms with Gasteiger partial charge in [-0.1, -0.05) is 45.7 Å². The third-order valence-electron chi connectivity index (χ3n) is 2.29. The summed E-state index contributed by atoms with van der Waals surface area (Å²) in [5.41, 5.74) is 0.874. The van der Waals surface area contributed by atoms with Crippen LogP contribution in [0, 0.1) is 0 Å². The van der Waals surface area contributed by atoms with Crippen LogP contribution in [0.2, 0.25) is 5.02 Å². The fourth-order valence-electron chi connectivity index (χ4n) is 1.47. The van der Waals surface area contributed by atoms with Crippen LogP contribution in [0.15, 0.2) is 53.0 Å². The molecule has 0 N–H and O–H groups in total. The highest BCUT2D eigenvalue weighted by molar-refractivity contribution is 9.10. The van der Waals surface area contributed by atoms with Crippen LogP contribution in [0.5, 0.6) is 5.75 Å². The molecule has 92 valence electrons. The van der Waals surface area contributed by atoms with Crippen LogP contribution >= 0.6 is 27.5 Å². The quantitative estimate of drug-likeness (QED) is 0.623. The Balaban J connectivity index is 1.98. The minimum Gasteiger partial charge on any atom is -0.426 e. The lowest BCUT2D eigenvalue weighted by Gasteiger charge is -2.04. The van der Waals surface area contributed by atoms with Crippen LogP contribution in [0.25, 0.3) is 0 Å². The zero-order chi connectivity index (χ0) is 13.0. The summed E-state index contributed by atoms with van der Waals surface area (Å²) < 4.78 is 6.10. The Morgan fingerprint density at radius 2 is 1.89 bits per heavy atom. The lowest BCUT2D eigenvalue weighted by molar-refractivity contribution is -0.133. The summed E-state index contributed by atoms with van der Waals surface area (Å²) in [6, 6.07) is 14.3. The Labute approximate surface area is 119 Å². The average Bonchev–Trinajstić information content (AvgIpc) is 2.32. The van der Waals surface area contributed by atoms with E-state index in [1.54, 1.807) is 24.3 Å². The Morgan fingerprint density at radius 1 is 1.17 bits per heavy atom. The van der Waals surface area contributed by atoms with Crippen molar-refractivity contribution in [1.29, 1.82) is 0 Å². The molecule has 18 heavy (non-hydrogen) atoms. The van der Waals surface area contributed by atoms with Gasteiger partial charge in [-0.05, 0) is 35.9 Å². The molecule has 0 aliphatic heterocycles. The van der Waals surface area contributed by atoms with E-state index in [1.807, 2.05) is 24.3 Å². The largest absolute Gasteiger partial charge is 0.426 e. The number of halogens is 2. The molecule has 0 amide bonds. The fourth-order valence-corrected chi connectivity index (χ4v) is 1.97. The van der Waals surface area contributed by atoms with E-state index in [9.17, 15) is 4.79 Å². The standard InChI is InChI=1S/C14H10BrClO2/c15-11-2-1-3-13(9-11)18-14(17)8-10-4-6-12(16)7-5-10/h1-7,9H,8H2. The molecule has 0 atom stereocenters. The number of hydrogen-bond acceptors (Lipinski definition) is 2. The van der Waals surface area contributed by atoms with Gasteiger partial charge in [-0.15, -0.1) is 0 Å². The van der Waals surface area contributed by atoms with Gasteiger partial charge in [0.05, 0.1) is 6.42 Å². The molecule has 0 aliphatic carbocycles. The van der Waals surface area contributed by atoms with Gasteiger partial charge in [-0.25, -0.2) is 0 Å².